The lowest BCUT2D eigenvalue weighted by Crippen LogP contribution is -2.39. The quantitative estimate of drug-likeness (QED) is 0.489. The highest BCUT2D eigenvalue weighted by Gasteiger charge is 2.29. The van der Waals surface area contributed by atoms with Crippen molar-refractivity contribution in [3.05, 3.63) is 83.2 Å². The Kier molecular flexibility index (Phi) is 7.98. The Morgan fingerprint density at radius 3 is 2.59 bits per heavy atom. The van der Waals surface area contributed by atoms with Gasteiger partial charge in [0.05, 0.1) is 32.6 Å². The van der Waals surface area contributed by atoms with Gasteiger partial charge in [0.1, 0.15) is 5.75 Å². The van der Waals surface area contributed by atoms with Crippen LogP contribution in [0.3, 0.4) is 0 Å². The summed E-state index contributed by atoms with van der Waals surface area (Å²) in [7, 11) is 3.61. The van der Waals surface area contributed by atoms with Crippen LogP contribution in [0.5, 0.6) is 5.75 Å². The highest BCUT2D eigenvalue weighted by atomic mass is 16.5. The normalized spacial score (nSPS) is 17.1. The molecule has 2 aromatic carbocycles. The fourth-order valence-corrected chi connectivity index (χ4v) is 4.32. The molecule has 0 bridgehead atoms. The van der Waals surface area contributed by atoms with E-state index in [0.29, 0.717) is 39.3 Å². The number of rotatable bonds is 9. The molecule has 1 aliphatic rings. The van der Waals surface area contributed by atoms with Gasteiger partial charge in [-0.05, 0) is 36.6 Å². The monoisotopic (exact) mass is 462 g/mol. The maximum absolute atomic E-state index is 13.2. The number of aryl methyl sites for hydroxylation is 1. The molecule has 1 amide bonds. The molecule has 1 fully saturated rings. The van der Waals surface area contributed by atoms with Crippen LogP contribution in [0.1, 0.15) is 22.4 Å². The Hall–Kier alpha value is -3.16. The van der Waals surface area contributed by atoms with Gasteiger partial charge in [-0.15, -0.1) is 0 Å². The lowest BCUT2D eigenvalue weighted by Gasteiger charge is -2.25. The van der Waals surface area contributed by atoms with Crippen molar-refractivity contribution in [2.75, 3.05) is 33.3 Å². The minimum atomic E-state index is -0.0922. The van der Waals surface area contributed by atoms with Gasteiger partial charge in [0.2, 0.25) is 5.91 Å². The van der Waals surface area contributed by atoms with E-state index in [1.807, 2.05) is 65.3 Å². The number of amides is 1. The zero-order valence-electron chi connectivity index (χ0n) is 20.3. The summed E-state index contributed by atoms with van der Waals surface area (Å²) >= 11 is 0. The molecule has 7 nitrogen and oxygen atoms in total. The fraction of sp³-hybridized carbons (Fsp3) is 0.407. The van der Waals surface area contributed by atoms with Crippen LogP contribution in [0, 0.1) is 6.92 Å². The number of hydrogen-bond acceptors (Lipinski definition) is 5. The maximum atomic E-state index is 13.2. The van der Waals surface area contributed by atoms with Crippen molar-refractivity contribution in [3.8, 4) is 5.75 Å². The van der Waals surface area contributed by atoms with Crippen molar-refractivity contribution in [3.63, 3.8) is 0 Å². The Morgan fingerprint density at radius 1 is 1.06 bits per heavy atom. The van der Waals surface area contributed by atoms with Gasteiger partial charge in [-0.25, -0.2) is 0 Å². The third-order valence-electron chi connectivity index (χ3n) is 6.46. The average molecular weight is 463 g/mol. The molecule has 180 valence electrons. The molecule has 3 aromatic rings. The number of aromatic nitrogens is 2. The van der Waals surface area contributed by atoms with Gasteiger partial charge < -0.3 is 14.4 Å². The van der Waals surface area contributed by atoms with Gasteiger partial charge in [0.25, 0.3) is 0 Å². The highest BCUT2D eigenvalue weighted by molar-refractivity contribution is 5.78. The molecule has 1 aromatic heterocycles. The summed E-state index contributed by atoms with van der Waals surface area (Å²) < 4.78 is 13.6. The van der Waals surface area contributed by atoms with Gasteiger partial charge in [-0.3, -0.25) is 14.4 Å². The zero-order chi connectivity index (χ0) is 23.9. The van der Waals surface area contributed by atoms with Crippen LogP contribution >= 0.6 is 0 Å². The first-order valence-corrected chi connectivity index (χ1v) is 11.8. The Balaban J connectivity index is 1.47. The second kappa shape index (κ2) is 11.3. The number of nitrogens with zero attached hydrogens (tertiary/aromatic N) is 4. The third-order valence-corrected chi connectivity index (χ3v) is 6.46. The van der Waals surface area contributed by atoms with Crippen LogP contribution < -0.4 is 4.74 Å². The first-order chi connectivity index (χ1) is 16.5. The van der Waals surface area contributed by atoms with E-state index >= 15 is 0 Å². The van der Waals surface area contributed by atoms with Crippen LogP contribution in [-0.2, 0) is 36.2 Å². The SMILES string of the molecule is COc1cccc(COC2CN(Cc3cnn(C)c3C)CC(=O)N(CCc3ccccc3)C2)c1. The molecule has 0 saturated carbocycles. The summed E-state index contributed by atoms with van der Waals surface area (Å²) in [5, 5.41) is 4.36. The summed E-state index contributed by atoms with van der Waals surface area (Å²) in [6, 6.07) is 18.2. The minimum absolute atomic E-state index is 0.0922. The Morgan fingerprint density at radius 2 is 1.85 bits per heavy atom. The molecule has 34 heavy (non-hydrogen) atoms. The number of carbonyl (C=O) groups is 1. The molecule has 2 heterocycles. The van der Waals surface area contributed by atoms with E-state index in [9.17, 15) is 4.79 Å². The number of hydrogen-bond donors (Lipinski definition) is 0. The number of carbonyl (C=O) groups excluding carboxylic acids is 1. The van der Waals surface area contributed by atoms with Crippen molar-refractivity contribution in [1.29, 1.82) is 0 Å². The molecule has 4 rings (SSSR count). The molecule has 0 N–H and O–H groups in total. The van der Waals surface area contributed by atoms with E-state index in [4.69, 9.17) is 9.47 Å². The number of methoxy groups -OCH3 is 1. The molecule has 1 aliphatic heterocycles. The van der Waals surface area contributed by atoms with Crippen LogP contribution in [0.2, 0.25) is 0 Å². The lowest BCUT2D eigenvalue weighted by atomic mass is 10.1. The summed E-state index contributed by atoms with van der Waals surface area (Å²) in [6.07, 6.45) is 2.63. The standard InChI is InChI=1S/C27H34N4O3/c1-21-24(15-28-29(21)2)16-30-17-26(34-20-23-10-7-11-25(14-23)33-3)18-31(27(32)19-30)13-12-22-8-5-4-6-9-22/h4-11,14-15,26H,12-13,16-20H2,1-3H3. The van der Waals surface area contributed by atoms with Crippen LogP contribution in [0.4, 0.5) is 0 Å². The van der Waals surface area contributed by atoms with Gasteiger partial charge in [-0.2, -0.15) is 5.10 Å². The summed E-state index contributed by atoms with van der Waals surface area (Å²) in [5.74, 6) is 0.959. The average Bonchev–Trinajstić information content (AvgIpc) is 3.08. The molecule has 0 aliphatic carbocycles. The largest absolute Gasteiger partial charge is 0.497 e. The molecule has 1 atom stereocenters. The van der Waals surface area contributed by atoms with Crippen LogP contribution in [0.15, 0.2) is 60.8 Å². The molecule has 7 heteroatoms. The topological polar surface area (TPSA) is 59.8 Å². The first kappa shape index (κ1) is 24.0. The molecular weight excluding hydrogens is 428 g/mol. The van der Waals surface area contributed by atoms with Gasteiger partial charge in [0.15, 0.2) is 0 Å². The minimum Gasteiger partial charge on any atom is -0.497 e. The van der Waals surface area contributed by atoms with Crippen molar-refractivity contribution in [1.82, 2.24) is 19.6 Å². The van der Waals surface area contributed by atoms with E-state index < -0.39 is 0 Å². The van der Waals surface area contributed by atoms with E-state index in [1.54, 1.807) is 7.11 Å². The van der Waals surface area contributed by atoms with E-state index in [0.717, 1.165) is 29.0 Å². The van der Waals surface area contributed by atoms with Gasteiger partial charge in [-0.1, -0.05) is 42.5 Å². The van der Waals surface area contributed by atoms with Crippen LogP contribution in [-0.4, -0.2) is 64.9 Å². The Labute approximate surface area is 201 Å². The van der Waals surface area contributed by atoms with Crippen molar-refractivity contribution >= 4 is 5.91 Å². The zero-order valence-corrected chi connectivity index (χ0v) is 20.3. The fourth-order valence-electron chi connectivity index (χ4n) is 4.32. The number of ether oxygens (including phenoxy) is 2. The second-order valence-corrected chi connectivity index (χ2v) is 8.91. The summed E-state index contributed by atoms with van der Waals surface area (Å²) in [6.45, 7) is 5.54. The van der Waals surface area contributed by atoms with Gasteiger partial charge >= 0.3 is 0 Å². The highest BCUT2D eigenvalue weighted by Crippen LogP contribution is 2.18. The van der Waals surface area contributed by atoms with E-state index in [1.165, 1.54) is 5.56 Å². The predicted molar refractivity (Wildman–Crippen MR) is 132 cm³/mol. The predicted octanol–water partition coefficient (Wildman–Crippen LogP) is 3.21. The summed E-state index contributed by atoms with van der Waals surface area (Å²) in [5.41, 5.74) is 4.54. The van der Waals surface area contributed by atoms with Crippen molar-refractivity contribution in [2.45, 2.75) is 32.6 Å². The molecule has 0 radical (unpaired) electrons. The lowest BCUT2D eigenvalue weighted by molar-refractivity contribution is -0.131. The second-order valence-electron chi connectivity index (χ2n) is 8.91. The van der Waals surface area contributed by atoms with Crippen molar-refractivity contribution in [2.24, 2.45) is 7.05 Å². The number of benzene rings is 2. The molecule has 1 unspecified atom stereocenters. The third kappa shape index (κ3) is 6.24. The van der Waals surface area contributed by atoms with Crippen LogP contribution in [0.25, 0.3) is 0 Å². The Bertz CT molecular complexity index is 1080. The van der Waals surface area contributed by atoms with E-state index in [-0.39, 0.29) is 12.0 Å². The smallest absolute Gasteiger partial charge is 0.236 e. The summed E-state index contributed by atoms with van der Waals surface area (Å²) in [4.78, 5) is 17.4. The molecule has 0 spiro atoms. The maximum Gasteiger partial charge on any atom is 0.236 e. The first-order valence-electron chi connectivity index (χ1n) is 11.8. The van der Waals surface area contributed by atoms with Gasteiger partial charge in [0, 0.05) is 44.5 Å². The van der Waals surface area contributed by atoms with E-state index in [2.05, 4.69) is 29.1 Å². The van der Waals surface area contributed by atoms with Crippen molar-refractivity contribution < 1.29 is 14.3 Å². The molecular formula is C27H34N4O3. The molecule has 1 saturated heterocycles.